The Bertz CT molecular complexity index is 801. The number of carbonyl (C=O) groups excluding carboxylic acids is 2. The van der Waals surface area contributed by atoms with Crippen molar-refractivity contribution >= 4 is 35.3 Å². The number of ether oxygens (including phenoxy) is 1. The van der Waals surface area contributed by atoms with Gasteiger partial charge in [-0.1, -0.05) is 44.2 Å². The summed E-state index contributed by atoms with van der Waals surface area (Å²) in [5, 5.41) is 13.1. The van der Waals surface area contributed by atoms with Crippen molar-refractivity contribution in [2.75, 3.05) is 11.9 Å². The van der Waals surface area contributed by atoms with Crippen molar-refractivity contribution in [3.05, 3.63) is 41.4 Å². The average Bonchev–Trinajstić information content (AvgIpc) is 2.64. The summed E-state index contributed by atoms with van der Waals surface area (Å²) in [6, 6.07) is 2.31. The van der Waals surface area contributed by atoms with Crippen LogP contribution in [0.5, 0.6) is 0 Å². The van der Waals surface area contributed by atoms with Gasteiger partial charge >= 0.3 is 18.2 Å². The average molecular weight is 451 g/mol. The van der Waals surface area contributed by atoms with Crippen molar-refractivity contribution in [2.24, 2.45) is 5.92 Å². The molecule has 1 unspecified atom stereocenters. The summed E-state index contributed by atoms with van der Waals surface area (Å²) >= 11 is 6.02. The Morgan fingerprint density at radius 3 is 2.47 bits per heavy atom. The maximum Gasteiger partial charge on any atom is 0.408 e. The Morgan fingerprint density at radius 2 is 1.93 bits per heavy atom. The number of anilines is 1. The number of benzene rings is 1. The van der Waals surface area contributed by atoms with Crippen LogP contribution in [0.2, 0.25) is 5.02 Å². The lowest BCUT2D eigenvalue weighted by Crippen LogP contribution is -2.52. The molecule has 0 aliphatic carbocycles. The number of hydrogen-bond donors (Lipinski definition) is 3. The van der Waals surface area contributed by atoms with Crippen LogP contribution in [0, 0.1) is 5.92 Å². The highest BCUT2D eigenvalue weighted by atomic mass is 35.5. The maximum absolute atomic E-state index is 13.2. The number of carbonyl (C=O) groups is 3. The number of halogens is 4. The molecular formula is C19H22ClF3N2O5. The number of alkyl halides is 3. The lowest BCUT2D eigenvalue weighted by molar-refractivity contribution is -0.178. The lowest BCUT2D eigenvalue weighted by atomic mass is 9.97. The third-order valence-electron chi connectivity index (χ3n) is 4.20. The molecule has 0 spiro atoms. The number of hydrogen-bond acceptors (Lipinski definition) is 4. The minimum absolute atomic E-state index is 0.0166. The molecule has 3 atom stereocenters. The van der Waals surface area contributed by atoms with E-state index >= 15 is 0 Å². The standard InChI is InChI=1S/C19H22ClF3N2O5/c1-4-7-30-18(29)25-16(11(3)19(21,22)23)17(28)24-14-9-12(5-6-13(14)20)10(2)8-15(26)27/h4-6,9-11,16H,1,7-8H2,2-3H3,(H,24,28)(H,25,29)(H,26,27)/t10-,11?,16+/m1/s1. The number of rotatable bonds is 9. The molecule has 0 heterocycles. The van der Waals surface area contributed by atoms with E-state index in [1.807, 2.05) is 5.32 Å². The van der Waals surface area contributed by atoms with Crippen LogP contribution in [0.25, 0.3) is 0 Å². The van der Waals surface area contributed by atoms with Crippen molar-refractivity contribution in [2.45, 2.75) is 38.4 Å². The molecule has 0 bridgehead atoms. The van der Waals surface area contributed by atoms with Crippen molar-refractivity contribution in [3.63, 3.8) is 0 Å². The van der Waals surface area contributed by atoms with E-state index in [9.17, 15) is 27.6 Å². The third-order valence-corrected chi connectivity index (χ3v) is 4.53. The molecule has 1 aromatic rings. The molecule has 3 N–H and O–H groups in total. The van der Waals surface area contributed by atoms with Crippen LogP contribution >= 0.6 is 11.6 Å². The Balaban J connectivity index is 3.11. The van der Waals surface area contributed by atoms with Crippen molar-refractivity contribution < 1.29 is 37.4 Å². The largest absolute Gasteiger partial charge is 0.481 e. The highest BCUT2D eigenvalue weighted by molar-refractivity contribution is 6.33. The zero-order valence-electron chi connectivity index (χ0n) is 16.3. The first-order chi connectivity index (χ1) is 13.9. The van der Waals surface area contributed by atoms with Gasteiger partial charge in [0.2, 0.25) is 5.91 Å². The molecule has 1 rings (SSSR count). The van der Waals surface area contributed by atoms with Gasteiger partial charge in [-0.3, -0.25) is 9.59 Å². The minimum atomic E-state index is -4.78. The molecule has 0 saturated heterocycles. The summed E-state index contributed by atoms with van der Waals surface area (Å²) in [4.78, 5) is 35.2. The van der Waals surface area contributed by atoms with E-state index in [1.54, 1.807) is 13.0 Å². The summed E-state index contributed by atoms with van der Waals surface area (Å²) in [6.07, 6.45) is -4.98. The van der Waals surface area contributed by atoms with Gasteiger partial charge in [0.1, 0.15) is 12.6 Å². The first-order valence-electron chi connectivity index (χ1n) is 8.79. The predicted octanol–water partition coefficient (Wildman–Crippen LogP) is 4.34. The van der Waals surface area contributed by atoms with Gasteiger partial charge in [0.15, 0.2) is 0 Å². The second-order valence-corrected chi connectivity index (χ2v) is 6.97. The first kappa shape index (κ1) is 25.3. The van der Waals surface area contributed by atoms with E-state index in [0.717, 1.165) is 6.92 Å². The summed E-state index contributed by atoms with van der Waals surface area (Å²) < 4.78 is 44.2. The summed E-state index contributed by atoms with van der Waals surface area (Å²) in [5.41, 5.74) is 0.493. The van der Waals surface area contributed by atoms with Crippen molar-refractivity contribution in [3.8, 4) is 0 Å². The molecule has 2 amide bonds. The second kappa shape index (κ2) is 10.9. The van der Waals surface area contributed by atoms with E-state index in [1.165, 1.54) is 18.2 Å². The molecule has 0 aliphatic rings. The number of carboxylic acids is 1. The molecule has 7 nitrogen and oxygen atoms in total. The van der Waals surface area contributed by atoms with Gasteiger partial charge in [0, 0.05) is 0 Å². The van der Waals surface area contributed by atoms with Crippen molar-refractivity contribution in [1.29, 1.82) is 0 Å². The van der Waals surface area contributed by atoms with Gasteiger partial charge in [-0.25, -0.2) is 4.79 Å². The molecule has 1 aromatic carbocycles. The molecule has 0 radical (unpaired) electrons. The van der Waals surface area contributed by atoms with E-state index in [0.29, 0.717) is 5.56 Å². The highest BCUT2D eigenvalue weighted by Crippen LogP contribution is 2.31. The Labute approximate surface area is 176 Å². The Hall–Kier alpha value is -2.75. The molecule has 11 heteroatoms. The summed E-state index contributed by atoms with van der Waals surface area (Å²) in [5.74, 6) is -4.88. The van der Waals surface area contributed by atoms with Gasteiger partial charge in [-0.2, -0.15) is 13.2 Å². The van der Waals surface area contributed by atoms with Gasteiger partial charge in [0.25, 0.3) is 0 Å². The predicted molar refractivity (Wildman–Crippen MR) is 104 cm³/mol. The van der Waals surface area contributed by atoms with Gasteiger partial charge in [-0.15, -0.1) is 0 Å². The van der Waals surface area contributed by atoms with Gasteiger partial charge < -0.3 is 20.5 Å². The van der Waals surface area contributed by atoms with E-state index in [2.05, 4.69) is 16.6 Å². The lowest BCUT2D eigenvalue weighted by Gasteiger charge is -2.26. The zero-order valence-corrected chi connectivity index (χ0v) is 17.0. The smallest absolute Gasteiger partial charge is 0.408 e. The topological polar surface area (TPSA) is 105 Å². The van der Waals surface area contributed by atoms with E-state index in [-0.39, 0.29) is 23.7 Å². The van der Waals surface area contributed by atoms with Crippen LogP contribution in [0.3, 0.4) is 0 Å². The molecule has 166 valence electrons. The number of amides is 2. The molecular weight excluding hydrogens is 429 g/mol. The molecule has 0 fully saturated rings. The number of aliphatic carboxylic acids is 1. The van der Waals surface area contributed by atoms with Crippen LogP contribution in [-0.2, 0) is 14.3 Å². The zero-order chi connectivity index (χ0) is 23.1. The number of carboxylic acid groups (broad SMARTS) is 1. The van der Waals surface area contributed by atoms with Crippen molar-refractivity contribution in [1.82, 2.24) is 5.32 Å². The molecule has 0 aliphatic heterocycles. The summed E-state index contributed by atoms with van der Waals surface area (Å²) in [6.45, 7) is 5.43. The summed E-state index contributed by atoms with van der Waals surface area (Å²) in [7, 11) is 0. The van der Waals surface area contributed by atoms with Crippen LogP contribution in [-0.4, -0.2) is 41.9 Å². The van der Waals surface area contributed by atoms with E-state index < -0.39 is 42.0 Å². The van der Waals surface area contributed by atoms with Crippen LogP contribution in [0.4, 0.5) is 23.7 Å². The Morgan fingerprint density at radius 1 is 1.30 bits per heavy atom. The molecule has 0 aromatic heterocycles. The molecule has 0 saturated carbocycles. The fourth-order valence-electron chi connectivity index (χ4n) is 2.45. The molecule has 30 heavy (non-hydrogen) atoms. The number of nitrogens with one attached hydrogen (secondary N) is 2. The van der Waals surface area contributed by atoms with E-state index in [4.69, 9.17) is 16.7 Å². The van der Waals surface area contributed by atoms with Crippen LogP contribution in [0.15, 0.2) is 30.9 Å². The highest BCUT2D eigenvalue weighted by Gasteiger charge is 2.45. The maximum atomic E-state index is 13.2. The second-order valence-electron chi connectivity index (χ2n) is 6.57. The fraction of sp³-hybridized carbons (Fsp3) is 0.421. The monoisotopic (exact) mass is 450 g/mol. The quantitative estimate of drug-likeness (QED) is 0.485. The number of alkyl carbamates (subject to hydrolysis) is 1. The van der Waals surface area contributed by atoms with Gasteiger partial charge in [0.05, 0.1) is 23.0 Å². The van der Waals surface area contributed by atoms with Crippen LogP contribution < -0.4 is 10.6 Å². The third kappa shape index (κ3) is 7.58. The first-order valence-corrected chi connectivity index (χ1v) is 9.17. The van der Waals surface area contributed by atoms with Crippen LogP contribution in [0.1, 0.15) is 31.7 Å². The SMILES string of the molecule is C=CCOC(=O)N[C@H](C(=O)Nc1cc([C@H](C)CC(=O)O)ccc1Cl)C(C)C(F)(F)F. The fourth-order valence-corrected chi connectivity index (χ4v) is 2.61. The van der Waals surface area contributed by atoms with Gasteiger partial charge in [-0.05, 0) is 23.6 Å². The minimum Gasteiger partial charge on any atom is -0.481 e. The Kier molecular flexibility index (Phi) is 9.16. The normalized spacial score (nSPS) is 14.2.